The number of ether oxygens (including phenoxy) is 1. The minimum absolute atomic E-state index is 0.0108. The van der Waals surface area contributed by atoms with E-state index in [1.165, 1.54) is 0 Å². The predicted octanol–water partition coefficient (Wildman–Crippen LogP) is -0.144. The fourth-order valence-electron chi connectivity index (χ4n) is 1.37. The van der Waals surface area contributed by atoms with Crippen LogP contribution in [0.4, 0.5) is 0 Å². The molecule has 1 saturated heterocycles. The molecule has 1 aliphatic heterocycles. The Balaban J connectivity index is 2.38. The maximum atomic E-state index is 11.5. The van der Waals surface area contributed by atoms with Crippen LogP contribution in [0.2, 0.25) is 0 Å². The molecule has 0 saturated carbocycles. The van der Waals surface area contributed by atoms with Gasteiger partial charge in [0.2, 0.25) is 10.0 Å². The summed E-state index contributed by atoms with van der Waals surface area (Å²) in [5, 5.41) is 9.38. The van der Waals surface area contributed by atoms with Crippen molar-refractivity contribution in [3.63, 3.8) is 0 Å². The monoisotopic (exact) mass is 237 g/mol. The van der Waals surface area contributed by atoms with Gasteiger partial charge in [-0.25, -0.2) is 13.1 Å². The molecule has 2 N–H and O–H groups in total. The summed E-state index contributed by atoms with van der Waals surface area (Å²) in [6, 6.07) is 0. The van der Waals surface area contributed by atoms with Gasteiger partial charge in [-0.05, 0) is 26.7 Å². The van der Waals surface area contributed by atoms with Crippen molar-refractivity contribution in [2.24, 2.45) is 0 Å². The smallest absolute Gasteiger partial charge is 0.214 e. The molecule has 0 amide bonds. The van der Waals surface area contributed by atoms with Crippen LogP contribution in [0.15, 0.2) is 0 Å². The van der Waals surface area contributed by atoms with E-state index in [9.17, 15) is 13.5 Å². The van der Waals surface area contributed by atoms with Crippen LogP contribution in [0.1, 0.15) is 26.7 Å². The molecule has 0 aromatic rings. The molecule has 0 aromatic heterocycles. The van der Waals surface area contributed by atoms with E-state index in [-0.39, 0.29) is 18.4 Å². The molecular weight excluding hydrogens is 218 g/mol. The third kappa shape index (κ3) is 5.46. The predicted molar refractivity (Wildman–Crippen MR) is 57.1 cm³/mol. The SMILES string of the molecule is CC(C)(O)CNS(=O)(=O)CC1CCCO1. The lowest BCUT2D eigenvalue weighted by Crippen LogP contribution is -2.41. The fraction of sp³-hybridized carbons (Fsp3) is 1.00. The lowest BCUT2D eigenvalue weighted by molar-refractivity contribution is 0.0853. The van der Waals surface area contributed by atoms with Gasteiger partial charge in [0.05, 0.1) is 17.5 Å². The molecule has 1 atom stereocenters. The zero-order chi connectivity index (χ0) is 11.5. The molecule has 5 nitrogen and oxygen atoms in total. The second-order valence-corrected chi connectivity index (χ2v) is 6.40. The van der Waals surface area contributed by atoms with Crippen molar-refractivity contribution >= 4 is 10.0 Å². The number of nitrogens with one attached hydrogen (secondary N) is 1. The molecule has 0 aromatic carbocycles. The molecular formula is C9H19NO4S. The maximum Gasteiger partial charge on any atom is 0.214 e. The summed E-state index contributed by atoms with van der Waals surface area (Å²) in [7, 11) is -3.33. The first-order valence-corrected chi connectivity index (χ1v) is 6.75. The molecule has 1 rings (SSSR count). The van der Waals surface area contributed by atoms with Crippen LogP contribution < -0.4 is 4.72 Å². The van der Waals surface area contributed by atoms with E-state index < -0.39 is 15.6 Å². The van der Waals surface area contributed by atoms with E-state index in [4.69, 9.17) is 4.74 Å². The van der Waals surface area contributed by atoms with Crippen molar-refractivity contribution in [2.45, 2.75) is 38.4 Å². The maximum absolute atomic E-state index is 11.5. The van der Waals surface area contributed by atoms with Gasteiger partial charge in [0.25, 0.3) is 0 Å². The quantitative estimate of drug-likeness (QED) is 0.697. The highest BCUT2D eigenvalue weighted by molar-refractivity contribution is 7.89. The summed E-state index contributed by atoms with van der Waals surface area (Å²) in [5.41, 5.74) is -1.02. The Morgan fingerprint density at radius 1 is 1.53 bits per heavy atom. The molecule has 0 spiro atoms. The summed E-state index contributed by atoms with van der Waals surface area (Å²) >= 11 is 0. The van der Waals surface area contributed by atoms with Crippen LogP contribution >= 0.6 is 0 Å². The Labute approximate surface area is 90.9 Å². The molecule has 0 bridgehead atoms. The van der Waals surface area contributed by atoms with Crippen molar-refractivity contribution in [1.29, 1.82) is 0 Å². The van der Waals surface area contributed by atoms with E-state index in [0.717, 1.165) is 12.8 Å². The first kappa shape index (κ1) is 12.9. The van der Waals surface area contributed by atoms with Crippen molar-refractivity contribution in [3.8, 4) is 0 Å². The van der Waals surface area contributed by atoms with E-state index >= 15 is 0 Å². The second-order valence-electron chi connectivity index (χ2n) is 4.55. The number of aliphatic hydroxyl groups is 1. The Hall–Kier alpha value is -0.170. The van der Waals surface area contributed by atoms with Gasteiger partial charge in [-0.15, -0.1) is 0 Å². The largest absolute Gasteiger partial charge is 0.389 e. The van der Waals surface area contributed by atoms with Crippen molar-refractivity contribution < 1.29 is 18.3 Å². The highest BCUT2D eigenvalue weighted by Crippen LogP contribution is 2.13. The van der Waals surface area contributed by atoms with E-state index in [1.807, 2.05) is 0 Å². The van der Waals surface area contributed by atoms with Gasteiger partial charge in [0, 0.05) is 13.2 Å². The third-order valence-corrected chi connectivity index (χ3v) is 3.55. The first-order valence-electron chi connectivity index (χ1n) is 5.10. The highest BCUT2D eigenvalue weighted by atomic mass is 32.2. The average molecular weight is 237 g/mol. The summed E-state index contributed by atoms with van der Waals surface area (Å²) in [6.45, 7) is 3.79. The third-order valence-electron chi connectivity index (χ3n) is 2.15. The lowest BCUT2D eigenvalue weighted by Gasteiger charge is -2.18. The van der Waals surface area contributed by atoms with Gasteiger partial charge in [0.1, 0.15) is 0 Å². The number of hydrogen-bond donors (Lipinski definition) is 2. The molecule has 1 unspecified atom stereocenters. The van der Waals surface area contributed by atoms with Crippen LogP contribution in [0, 0.1) is 0 Å². The Morgan fingerprint density at radius 2 is 2.20 bits per heavy atom. The molecule has 0 radical (unpaired) electrons. The summed E-state index contributed by atoms with van der Waals surface area (Å²) in [6.07, 6.45) is 1.53. The molecule has 1 aliphatic rings. The van der Waals surface area contributed by atoms with E-state index in [2.05, 4.69) is 4.72 Å². The van der Waals surface area contributed by atoms with Gasteiger partial charge in [-0.1, -0.05) is 0 Å². The summed E-state index contributed by atoms with van der Waals surface area (Å²) < 4.78 is 30.7. The Bertz CT molecular complexity index is 288. The van der Waals surface area contributed by atoms with E-state index in [1.54, 1.807) is 13.8 Å². The zero-order valence-electron chi connectivity index (χ0n) is 9.19. The van der Waals surface area contributed by atoms with Gasteiger partial charge in [-0.2, -0.15) is 0 Å². The van der Waals surface area contributed by atoms with Crippen LogP contribution in [-0.2, 0) is 14.8 Å². The van der Waals surface area contributed by atoms with Gasteiger partial charge in [-0.3, -0.25) is 0 Å². The lowest BCUT2D eigenvalue weighted by atomic mass is 10.1. The molecule has 1 fully saturated rings. The first-order chi connectivity index (χ1) is 6.79. The fourth-order valence-corrected chi connectivity index (χ4v) is 2.81. The normalized spacial score (nSPS) is 23.3. The van der Waals surface area contributed by atoms with Crippen LogP contribution in [0.25, 0.3) is 0 Å². The van der Waals surface area contributed by atoms with Gasteiger partial charge in [0.15, 0.2) is 0 Å². The van der Waals surface area contributed by atoms with Crippen LogP contribution in [0.5, 0.6) is 0 Å². The molecule has 15 heavy (non-hydrogen) atoms. The zero-order valence-corrected chi connectivity index (χ0v) is 10.0. The molecule has 0 aliphatic carbocycles. The average Bonchev–Trinajstić information content (AvgIpc) is 2.52. The number of sulfonamides is 1. The topological polar surface area (TPSA) is 75.6 Å². The van der Waals surface area contributed by atoms with Crippen LogP contribution in [-0.4, -0.2) is 44.1 Å². The molecule has 6 heteroatoms. The minimum atomic E-state index is -3.33. The summed E-state index contributed by atoms with van der Waals surface area (Å²) in [4.78, 5) is 0. The minimum Gasteiger partial charge on any atom is -0.389 e. The van der Waals surface area contributed by atoms with Gasteiger partial charge >= 0.3 is 0 Å². The van der Waals surface area contributed by atoms with Crippen molar-refractivity contribution in [2.75, 3.05) is 18.9 Å². The van der Waals surface area contributed by atoms with Crippen LogP contribution in [0.3, 0.4) is 0 Å². The Kier molecular flexibility index (Phi) is 4.11. The standard InChI is InChI=1S/C9H19NO4S/c1-9(2,11)7-10-15(12,13)6-8-4-3-5-14-8/h8,10-11H,3-7H2,1-2H3. The number of rotatable bonds is 5. The second kappa shape index (κ2) is 4.78. The van der Waals surface area contributed by atoms with Crippen molar-refractivity contribution in [3.05, 3.63) is 0 Å². The highest BCUT2D eigenvalue weighted by Gasteiger charge is 2.24. The molecule has 1 heterocycles. The Morgan fingerprint density at radius 3 is 2.67 bits per heavy atom. The molecule has 90 valence electrons. The summed E-state index contributed by atoms with van der Waals surface area (Å²) in [5.74, 6) is -0.0108. The van der Waals surface area contributed by atoms with E-state index in [0.29, 0.717) is 6.61 Å². The van der Waals surface area contributed by atoms with Crippen molar-refractivity contribution in [1.82, 2.24) is 4.72 Å². The number of hydrogen-bond acceptors (Lipinski definition) is 4. The van der Waals surface area contributed by atoms with Gasteiger partial charge < -0.3 is 9.84 Å².